The molecule has 1 fully saturated rings. The normalized spacial score (nSPS) is 23.1. The third-order valence-corrected chi connectivity index (χ3v) is 6.59. The van der Waals surface area contributed by atoms with Crippen molar-refractivity contribution < 1.29 is 13.2 Å². The van der Waals surface area contributed by atoms with Crippen LogP contribution in [0.15, 0.2) is 53.4 Å². The number of hydrogen-bond acceptors (Lipinski definition) is 4. The second-order valence-electron chi connectivity index (χ2n) is 5.42. The predicted octanol–water partition coefficient (Wildman–Crippen LogP) is 3.43. The number of halogens is 1. The molecule has 23 heavy (non-hydrogen) atoms. The number of methoxy groups -OCH3 is 1. The summed E-state index contributed by atoms with van der Waals surface area (Å²) in [6, 6.07) is 15.3. The molecule has 3 atom stereocenters. The quantitative estimate of drug-likeness (QED) is 0.849. The van der Waals surface area contributed by atoms with E-state index in [1.165, 1.54) is 12.1 Å². The number of nitriles is 1. The van der Waals surface area contributed by atoms with Crippen molar-refractivity contribution in [2.75, 3.05) is 7.11 Å². The van der Waals surface area contributed by atoms with E-state index >= 15 is 0 Å². The van der Waals surface area contributed by atoms with Gasteiger partial charge in [-0.1, -0.05) is 23.7 Å². The monoisotopic (exact) mass is 347 g/mol. The van der Waals surface area contributed by atoms with E-state index in [1.54, 1.807) is 31.4 Å². The minimum Gasteiger partial charge on any atom is -0.497 e. The number of rotatable bonds is 4. The van der Waals surface area contributed by atoms with E-state index in [0.29, 0.717) is 10.8 Å². The molecule has 4 nitrogen and oxygen atoms in total. The molecule has 6 heteroatoms. The van der Waals surface area contributed by atoms with E-state index in [4.69, 9.17) is 16.3 Å². The van der Waals surface area contributed by atoms with Crippen molar-refractivity contribution in [1.82, 2.24) is 0 Å². The number of benzene rings is 2. The summed E-state index contributed by atoms with van der Waals surface area (Å²) in [6.45, 7) is 0. The summed E-state index contributed by atoms with van der Waals surface area (Å²) in [7, 11) is -2.00. The summed E-state index contributed by atoms with van der Waals surface area (Å²) >= 11 is 5.81. The maximum atomic E-state index is 12.8. The van der Waals surface area contributed by atoms with Crippen molar-refractivity contribution >= 4 is 21.4 Å². The molecule has 0 bridgehead atoms. The molecule has 1 aliphatic rings. The molecule has 0 radical (unpaired) electrons. The highest BCUT2D eigenvalue weighted by Crippen LogP contribution is 2.53. The smallest absolute Gasteiger partial charge is 0.183 e. The molecule has 0 spiro atoms. The van der Waals surface area contributed by atoms with E-state index in [-0.39, 0.29) is 10.8 Å². The zero-order chi connectivity index (χ0) is 16.6. The van der Waals surface area contributed by atoms with Crippen LogP contribution in [0.4, 0.5) is 0 Å². The Morgan fingerprint density at radius 3 is 2.22 bits per heavy atom. The van der Waals surface area contributed by atoms with Gasteiger partial charge in [-0.05, 0) is 42.0 Å². The Kier molecular flexibility index (Phi) is 4.05. The minimum absolute atomic E-state index is 0.197. The van der Waals surface area contributed by atoms with Crippen LogP contribution in [0.25, 0.3) is 0 Å². The van der Waals surface area contributed by atoms with Crippen LogP contribution >= 0.6 is 11.6 Å². The van der Waals surface area contributed by atoms with Crippen LogP contribution < -0.4 is 4.74 Å². The van der Waals surface area contributed by atoms with Crippen molar-refractivity contribution in [3.8, 4) is 11.8 Å². The lowest BCUT2D eigenvalue weighted by molar-refractivity contribution is 0.414. The van der Waals surface area contributed by atoms with Crippen LogP contribution in [0.1, 0.15) is 11.5 Å². The zero-order valence-electron chi connectivity index (χ0n) is 12.3. The molecule has 1 saturated carbocycles. The molecule has 0 amide bonds. The summed E-state index contributed by atoms with van der Waals surface area (Å²) in [6.07, 6.45) is 0. The maximum Gasteiger partial charge on any atom is 0.183 e. The second-order valence-corrected chi connectivity index (χ2v) is 7.96. The third kappa shape index (κ3) is 2.80. The van der Waals surface area contributed by atoms with Crippen molar-refractivity contribution in [3.05, 3.63) is 59.1 Å². The van der Waals surface area contributed by atoms with Gasteiger partial charge in [-0.15, -0.1) is 0 Å². The Labute approximate surface area is 140 Å². The van der Waals surface area contributed by atoms with Crippen molar-refractivity contribution in [1.29, 1.82) is 5.26 Å². The van der Waals surface area contributed by atoms with Gasteiger partial charge < -0.3 is 4.74 Å². The molecule has 1 aliphatic carbocycles. The summed E-state index contributed by atoms with van der Waals surface area (Å²) in [5.41, 5.74) is 0.833. The van der Waals surface area contributed by atoms with Gasteiger partial charge in [0.2, 0.25) is 0 Å². The second kappa shape index (κ2) is 5.88. The topological polar surface area (TPSA) is 67.2 Å². The van der Waals surface area contributed by atoms with Gasteiger partial charge in [-0.2, -0.15) is 5.26 Å². The average Bonchev–Trinajstić information content (AvgIpc) is 3.31. The van der Waals surface area contributed by atoms with E-state index in [0.717, 1.165) is 5.56 Å². The number of sulfone groups is 1. The van der Waals surface area contributed by atoms with Gasteiger partial charge >= 0.3 is 0 Å². The van der Waals surface area contributed by atoms with Gasteiger partial charge in [0.25, 0.3) is 0 Å². The Hall–Kier alpha value is -2.03. The largest absolute Gasteiger partial charge is 0.497 e. The van der Waals surface area contributed by atoms with Crippen LogP contribution in [0, 0.1) is 17.2 Å². The summed E-state index contributed by atoms with van der Waals surface area (Å²) < 4.78 is 30.6. The van der Waals surface area contributed by atoms with Crippen molar-refractivity contribution in [2.45, 2.75) is 16.1 Å². The Morgan fingerprint density at radius 2 is 1.70 bits per heavy atom. The van der Waals surface area contributed by atoms with E-state index < -0.39 is 21.0 Å². The molecular formula is C17H14ClNO3S. The van der Waals surface area contributed by atoms with Crippen molar-refractivity contribution in [2.24, 2.45) is 5.92 Å². The molecule has 3 rings (SSSR count). The van der Waals surface area contributed by atoms with Crippen LogP contribution in [0.2, 0.25) is 5.02 Å². The standard InChI is InChI=1S/C17H14ClNO3S/c1-22-13-6-2-11(3-7-13)16-15(10-19)17(16)23(20,21)14-8-4-12(18)5-9-14/h2-9,15-17H,1H3/t15-,16+,17+/m0/s1. The van der Waals surface area contributed by atoms with Gasteiger partial charge in [-0.3, -0.25) is 0 Å². The van der Waals surface area contributed by atoms with E-state index in [2.05, 4.69) is 6.07 Å². The fourth-order valence-corrected chi connectivity index (χ4v) is 5.02. The fraction of sp³-hybridized carbons (Fsp3) is 0.235. The number of ether oxygens (including phenoxy) is 1. The van der Waals surface area contributed by atoms with Crippen LogP contribution in [-0.2, 0) is 9.84 Å². The van der Waals surface area contributed by atoms with Crippen LogP contribution in [-0.4, -0.2) is 20.8 Å². The first-order chi connectivity index (χ1) is 11.0. The minimum atomic E-state index is -3.57. The predicted molar refractivity (Wildman–Crippen MR) is 87.3 cm³/mol. The molecule has 118 valence electrons. The van der Waals surface area contributed by atoms with E-state index in [1.807, 2.05) is 12.1 Å². The average molecular weight is 348 g/mol. The highest BCUT2D eigenvalue weighted by atomic mass is 35.5. The lowest BCUT2D eigenvalue weighted by Gasteiger charge is -2.05. The lowest BCUT2D eigenvalue weighted by atomic mass is 10.1. The molecule has 2 aromatic rings. The number of nitrogens with zero attached hydrogens (tertiary/aromatic N) is 1. The van der Waals surface area contributed by atoms with E-state index in [9.17, 15) is 13.7 Å². The van der Waals surface area contributed by atoms with Gasteiger partial charge in [0, 0.05) is 10.9 Å². The first-order valence-corrected chi connectivity index (χ1v) is 8.94. The highest BCUT2D eigenvalue weighted by molar-refractivity contribution is 7.92. The zero-order valence-corrected chi connectivity index (χ0v) is 13.9. The highest BCUT2D eigenvalue weighted by Gasteiger charge is 2.59. The molecule has 0 aliphatic heterocycles. The molecule has 0 saturated heterocycles. The summed E-state index contributed by atoms with van der Waals surface area (Å²) in [5, 5.41) is 9.06. The van der Waals surface area contributed by atoms with Crippen LogP contribution in [0.5, 0.6) is 5.75 Å². The molecule has 2 aromatic carbocycles. The molecule has 0 unspecified atom stereocenters. The summed E-state index contributed by atoms with van der Waals surface area (Å²) in [5.74, 6) is -0.157. The fourth-order valence-electron chi connectivity index (χ4n) is 2.83. The van der Waals surface area contributed by atoms with Crippen molar-refractivity contribution in [3.63, 3.8) is 0 Å². The molecular weight excluding hydrogens is 334 g/mol. The third-order valence-electron chi connectivity index (χ3n) is 4.10. The Morgan fingerprint density at radius 1 is 1.09 bits per heavy atom. The molecule has 0 N–H and O–H groups in total. The first-order valence-electron chi connectivity index (χ1n) is 7.02. The maximum absolute atomic E-state index is 12.8. The lowest BCUT2D eigenvalue weighted by Crippen LogP contribution is -2.10. The summed E-state index contributed by atoms with van der Waals surface area (Å²) in [4.78, 5) is 0.197. The van der Waals surface area contributed by atoms with Crippen LogP contribution in [0.3, 0.4) is 0 Å². The van der Waals surface area contributed by atoms with Gasteiger partial charge in [0.05, 0.1) is 29.2 Å². The van der Waals surface area contributed by atoms with Gasteiger partial charge in [0.15, 0.2) is 9.84 Å². The molecule has 0 aromatic heterocycles. The Bertz CT molecular complexity index is 854. The van der Waals surface area contributed by atoms with Gasteiger partial charge in [-0.25, -0.2) is 8.42 Å². The Balaban J connectivity index is 1.92. The molecule has 0 heterocycles. The van der Waals surface area contributed by atoms with Gasteiger partial charge in [0.1, 0.15) is 5.75 Å². The number of hydrogen-bond donors (Lipinski definition) is 0. The SMILES string of the molecule is COc1ccc([C@@H]2[C@H](C#N)[C@H]2S(=O)(=O)c2ccc(Cl)cc2)cc1. The first kappa shape index (κ1) is 15.9.